The van der Waals surface area contributed by atoms with E-state index < -0.39 is 29.4 Å². The maximum absolute atomic E-state index is 12.0. The third-order valence-corrected chi connectivity index (χ3v) is 3.69. The molecule has 0 aromatic heterocycles. The molecule has 1 saturated heterocycles. The van der Waals surface area contributed by atoms with Crippen molar-refractivity contribution in [3.8, 4) is 0 Å². The SMILES string of the molecule is CNC(=O)C1(C)CCN(C(=O)NCC(C)(O)CC(=O)O)C1. The van der Waals surface area contributed by atoms with Crippen molar-refractivity contribution in [1.82, 2.24) is 15.5 Å². The van der Waals surface area contributed by atoms with E-state index in [1.807, 2.05) is 0 Å². The third-order valence-electron chi connectivity index (χ3n) is 3.69. The summed E-state index contributed by atoms with van der Waals surface area (Å²) in [5, 5.41) is 23.6. The number of amides is 3. The Bertz CT molecular complexity index is 438. The van der Waals surface area contributed by atoms with Gasteiger partial charge < -0.3 is 25.7 Å². The molecule has 4 N–H and O–H groups in total. The number of likely N-dealkylation sites (tertiary alicyclic amines) is 1. The van der Waals surface area contributed by atoms with E-state index in [1.54, 1.807) is 14.0 Å². The highest BCUT2D eigenvalue weighted by atomic mass is 16.4. The number of nitrogens with zero attached hydrogens (tertiary/aromatic N) is 1. The van der Waals surface area contributed by atoms with E-state index in [0.717, 1.165) is 0 Å². The van der Waals surface area contributed by atoms with Gasteiger partial charge in [0, 0.05) is 26.7 Å². The molecular weight excluding hydrogens is 278 g/mol. The Balaban J connectivity index is 2.51. The van der Waals surface area contributed by atoms with Crippen LogP contribution in [0.4, 0.5) is 4.79 Å². The monoisotopic (exact) mass is 301 g/mol. The fraction of sp³-hybridized carbons (Fsp3) is 0.769. The molecule has 21 heavy (non-hydrogen) atoms. The number of aliphatic carboxylic acids is 1. The molecule has 0 saturated carbocycles. The zero-order chi connectivity index (χ0) is 16.3. The smallest absolute Gasteiger partial charge is 0.317 e. The summed E-state index contributed by atoms with van der Waals surface area (Å²) >= 11 is 0. The van der Waals surface area contributed by atoms with E-state index in [1.165, 1.54) is 11.8 Å². The predicted octanol–water partition coefficient (Wildman–Crippen LogP) is -0.620. The van der Waals surface area contributed by atoms with E-state index in [2.05, 4.69) is 10.6 Å². The molecule has 2 unspecified atom stereocenters. The van der Waals surface area contributed by atoms with Crippen molar-refractivity contribution in [3.05, 3.63) is 0 Å². The average molecular weight is 301 g/mol. The number of carbonyl (C=O) groups is 3. The number of carbonyl (C=O) groups excluding carboxylic acids is 2. The Morgan fingerprint density at radius 1 is 1.38 bits per heavy atom. The van der Waals surface area contributed by atoms with Gasteiger partial charge in [-0.25, -0.2) is 4.79 Å². The van der Waals surface area contributed by atoms with Gasteiger partial charge in [0.2, 0.25) is 5.91 Å². The van der Waals surface area contributed by atoms with Gasteiger partial charge in [-0.3, -0.25) is 9.59 Å². The molecule has 0 bridgehead atoms. The van der Waals surface area contributed by atoms with Gasteiger partial charge in [-0.1, -0.05) is 0 Å². The number of carboxylic acid groups (broad SMARTS) is 1. The first kappa shape index (κ1) is 17.2. The Morgan fingerprint density at radius 3 is 2.52 bits per heavy atom. The van der Waals surface area contributed by atoms with Crippen molar-refractivity contribution in [1.29, 1.82) is 0 Å². The number of urea groups is 1. The molecule has 0 spiro atoms. The molecule has 1 heterocycles. The molecule has 8 nitrogen and oxygen atoms in total. The summed E-state index contributed by atoms with van der Waals surface area (Å²) in [6.45, 7) is 3.71. The quantitative estimate of drug-likeness (QED) is 0.539. The van der Waals surface area contributed by atoms with Crippen LogP contribution in [0.1, 0.15) is 26.7 Å². The minimum absolute atomic E-state index is 0.115. The second-order valence-electron chi connectivity index (χ2n) is 6.04. The fourth-order valence-electron chi connectivity index (χ4n) is 2.39. The Morgan fingerprint density at radius 2 is 2.00 bits per heavy atom. The molecule has 0 aromatic carbocycles. The molecule has 1 aliphatic rings. The highest BCUT2D eigenvalue weighted by molar-refractivity contribution is 5.84. The van der Waals surface area contributed by atoms with Gasteiger partial charge in [0.15, 0.2) is 0 Å². The van der Waals surface area contributed by atoms with Crippen molar-refractivity contribution < 1.29 is 24.6 Å². The standard InChI is InChI=1S/C13H23N3O5/c1-12(10(19)14-3)4-5-16(8-12)11(20)15-7-13(2,21)6-9(17)18/h21H,4-8H2,1-3H3,(H,14,19)(H,15,20)(H,17,18). The van der Waals surface area contributed by atoms with Crippen LogP contribution in [0, 0.1) is 5.41 Å². The molecule has 1 aliphatic heterocycles. The first-order valence-electron chi connectivity index (χ1n) is 6.79. The predicted molar refractivity (Wildman–Crippen MR) is 74.6 cm³/mol. The Labute approximate surface area is 123 Å². The number of rotatable bonds is 5. The number of hydrogen-bond donors (Lipinski definition) is 4. The first-order valence-corrected chi connectivity index (χ1v) is 6.79. The van der Waals surface area contributed by atoms with E-state index in [4.69, 9.17) is 5.11 Å². The van der Waals surface area contributed by atoms with Crippen LogP contribution in [0.5, 0.6) is 0 Å². The lowest BCUT2D eigenvalue weighted by Gasteiger charge is -2.25. The zero-order valence-electron chi connectivity index (χ0n) is 12.6. The summed E-state index contributed by atoms with van der Waals surface area (Å²) in [5.41, 5.74) is -2.12. The molecular formula is C13H23N3O5. The summed E-state index contributed by atoms with van der Waals surface area (Å²) in [5.74, 6) is -1.25. The van der Waals surface area contributed by atoms with Crippen LogP contribution in [0.2, 0.25) is 0 Å². The van der Waals surface area contributed by atoms with Crippen LogP contribution in [0.25, 0.3) is 0 Å². The summed E-state index contributed by atoms with van der Waals surface area (Å²) in [6.07, 6.45) is 0.106. The molecule has 0 radical (unpaired) electrons. The van der Waals surface area contributed by atoms with Gasteiger partial charge in [-0.05, 0) is 20.3 Å². The normalized spacial score (nSPS) is 24.3. The highest BCUT2D eigenvalue weighted by Crippen LogP contribution is 2.29. The molecule has 0 aromatic rings. The van der Waals surface area contributed by atoms with Crippen molar-refractivity contribution in [3.63, 3.8) is 0 Å². The van der Waals surface area contributed by atoms with E-state index >= 15 is 0 Å². The topological polar surface area (TPSA) is 119 Å². The second kappa shape index (κ2) is 6.30. The molecule has 0 aliphatic carbocycles. The maximum atomic E-state index is 12.0. The number of nitrogens with one attached hydrogen (secondary N) is 2. The fourth-order valence-corrected chi connectivity index (χ4v) is 2.39. The largest absolute Gasteiger partial charge is 0.481 e. The zero-order valence-corrected chi connectivity index (χ0v) is 12.6. The van der Waals surface area contributed by atoms with Crippen LogP contribution in [-0.2, 0) is 9.59 Å². The number of hydrogen-bond acceptors (Lipinski definition) is 4. The van der Waals surface area contributed by atoms with E-state index in [9.17, 15) is 19.5 Å². The van der Waals surface area contributed by atoms with Gasteiger partial charge in [0.05, 0.1) is 17.4 Å². The van der Waals surface area contributed by atoms with E-state index in [-0.39, 0.29) is 12.5 Å². The van der Waals surface area contributed by atoms with Crippen molar-refractivity contribution >= 4 is 17.9 Å². The summed E-state index contributed by atoms with van der Waals surface area (Å²) in [6, 6.07) is -0.409. The summed E-state index contributed by atoms with van der Waals surface area (Å²) in [4.78, 5) is 35.8. The molecule has 8 heteroatoms. The van der Waals surface area contributed by atoms with Crippen molar-refractivity contribution in [2.45, 2.75) is 32.3 Å². The van der Waals surface area contributed by atoms with Crippen LogP contribution in [0.3, 0.4) is 0 Å². The summed E-state index contributed by atoms with van der Waals surface area (Å²) < 4.78 is 0. The molecule has 1 rings (SSSR count). The van der Waals surface area contributed by atoms with Crippen LogP contribution < -0.4 is 10.6 Å². The van der Waals surface area contributed by atoms with Crippen LogP contribution in [0.15, 0.2) is 0 Å². The van der Waals surface area contributed by atoms with Gasteiger partial charge in [-0.2, -0.15) is 0 Å². The molecule has 1 fully saturated rings. The minimum Gasteiger partial charge on any atom is -0.481 e. The number of carboxylic acids is 1. The second-order valence-corrected chi connectivity index (χ2v) is 6.04. The molecule has 2 atom stereocenters. The van der Waals surface area contributed by atoms with Gasteiger partial charge in [-0.15, -0.1) is 0 Å². The molecule has 3 amide bonds. The van der Waals surface area contributed by atoms with Crippen molar-refractivity contribution in [2.24, 2.45) is 5.41 Å². The Hall–Kier alpha value is -1.83. The van der Waals surface area contributed by atoms with Crippen LogP contribution in [-0.4, -0.2) is 65.3 Å². The molecule has 120 valence electrons. The summed E-state index contributed by atoms with van der Waals surface area (Å²) in [7, 11) is 1.55. The maximum Gasteiger partial charge on any atom is 0.317 e. The first-order chi connectivity index (χ1) is 9.59. The third kappa shape index (κ3) is 4.59. The Kier molecular flexibility index (Phi) is 5.16. The van der Waals surface area contributed by atoms with E-state index in [0.29, 0.717) is 19.5 Å². The highest BCUT2D eigenvalue weighted by Gasteiger charge is 2.41. The number of aliphatic hydroxyl groups is 1. The van der Waals surface area contributed by atoms with Crippen molar-refractivity contribution in [2.75, 3.05) is 26.7 Å². The lowest BCUT2D eigenvalue weighted by Crippen LogP contribution is -2.48. The minimum atomic E-state index is -1.51. The average Bonchev–Trinajstić information content (AvgIpc) is 2.77. The van der Waals surface area contributed by atoms with Gasteiger partial charge >= 0.3 is 12.0 Å². The van der Waals surface area contributed by atoms with Gasteiger partial charge in [0.1, 0.15) is 0 Å². The lowest BCUT2D eigenvalue weighted by molar-refractivity contribution is -0.141. The van der Waals surface area contributed by atoms with Crippen LogP contribution >= 0.6 is 0 Å². The lowest BCUT2D eigenvalue weighted by atomic mass is 9.89. The van der Waals surface area contributed by atoms with Gasteiger partial charge in [0.25, 0.3) is 0 Å².